The summed E-state index contributed by atoms with van der Waals surface area (Å²) in [5, 5.41) is 7.99. The number of amides is 1. The summed E-state index contributed by atoms with van der Waals surface area (Å²) in [6, 6.07) is 3.63. The van der Waals surface area contributed by atoms with Gasteiger partial charge in [-0.3, -0.25) is 4.79 Å². The van der Waals surface area contributed by atoms with E-state index in [0.717, 1.165) is 37.3 Å². The van der Waals surface area contributed by atoms with E-state index in [1.807, 2.05) is 0 Å². The molecule has 132 valence electrons. The fourth-order valence-corrected chi connectivity index (χ4v) is 4.71. The summed E-state index contributed by atoms with van der Waals surface area (Å²) in [7, 11) is 2.10. The van der Waals surface area contributed by atoms with Crippen LogP contribution in [0.4, 0.5) is 8.78 Å². The molecule has 4 rings (SSSR count). The molecule has 1 atom stereocenters. The van der Waals surface area contributed by atoms with Crippen LogP contribution in [0.2, 0.25) is 0 Å². The summed E-state index contributed by atoms with van der Waals surface area (Å²) in [6.45, 7) is 3.45. The average molecular weight is 364 g/mol. The number of carbonyl (C=O) groups is 1. The zero-order chi connectivity index (χ0) is 17.6. The molecule has 2 aromatic rings. The second kappa shape index (κ2) is 6.10. The molecule has 0 radical (unpaired) electrons. The van der Waals surface area contributed by atoms with Gasteiger partial charge in [0.25, 0.3) is 5.91 Å². The second-order valence-corrected chi connectivity index (χ2v) is 7.95. The largest absolute Gasteiger partial charge is 0.336 e. The smallest absolute Gasteiger partial charge is 0.284 e. The molecule has 3 heterocycles. The van der Waals surface area contributed by atoms with E-state index in [9.17, 15) is 13.6 Å². The summed E-state index contributed by atoms with van der Waals surface area (Å²) in [6.07, 6.45) is 2.08. The summed E-state index contributed by atoms with van der Waals surface area (Å²) in [4.78, 5) is 16.8. The Balaban J connectivity index is 1.54. The molecule has 1 spiro atoms. The topological polar surface area (TPSA) is 49.3 Å². The van der Waals surface area contributed by atoms with Crippen molar-refractivity contribution < 1.29 is 13.6 Å². The Labute approximate surface area is 148 Å². The van der Waals surface area contributed by atoms with Crippen LogP contribution in [-0.2, 0) is 0 Å². The minimum atomic E-state index is -0.704. The molecule has 0 saturated carbocycles. The number of hydrogen-bond donors (Lipinski definition) is 0. The lowest BCUT2D eigenvalue weighted by atomic mass is 9.86. The Hall–Kier alpha value is -1.93. The Morgan fingerprint density at radius 1 is 1.16 bits per heavy atom. The van der Waals surface area contributed by atoms with Crippen LogP contribution in [0.15, 0.2) is 18.2 Å². The lowest BCUT2D eigenvalue weighted by molar-refractivity contribution is 0.0772. The average Bonchev–Trinajstić information content (AvgIpc) is 3.28. The third-order valence-corrected chi connectivity index (χ3v) is 6.07. The van der Waals surface area contributed by atoms with Gasteiger partial charge in [0.05, 0.1) is 5.56 Å². The maximum Gasteiger partial charge on any atom is 0.284 e. The van der Waals surface area contributed by atoms with Gasteiger partial charge in [-0.15, -0.1) is 10.2 Å². The summed E-state index contributed by atoms with van der Waals surface area (Å²) < 4.78 is 27.8. The van der Waals surface area contributed by atoms with Gasteiger partial charge in [-0.25, -0.2) is 8.78 Å². The molecule has 0 N–H and O–H groups in total. The maximum atomic E-state index is 13.9. The standard InChI is InChI=1S/C17H18F2N4OS/c1-22-7-5-17(9-22)6-8-23(10-17)16(24)15-21-20-14(25-15)13-11(18)3-2-4-12(13)19/h2-4H,5-10H2,1H3. The van der Waals surface area contributed by atoms with E-state index in [2.05, 4.69) is 22.1 Å². The first-order chi connectivity index (χ1) is 12.0. The number of carbonyl (C=O) groups excluding carboxylic acids is 1. The van der Waals surface area contributed by atoms with E-state index >= 15 is 0 Å². The van der Waals surface area contributed by atoms with Crippen LogP contribution in [0, 0.1) is 17.0 Å². The Morgan fingerprint density at radius 3 is 2.56 bits per heavy atom. The molecule has 8 heteroatoms. The molecule has 2 fully saturated rings. The summed E-state index contributed by atoms with van der Waals surface area (Å²) >= 11 is 0.937. The number of benzene rings is 1. The molecule has 1 unspecified atom stereocenters. The van der Waals surface area contributed by atoms with E-state index in [0.29, 0.717) is 13.1 Å². The van der Waals surface area contributed by atoms with Crippen LogP contribution in [0.5, 0.6) is 0 Å². The van der Waals surface area contributed by atoms with Gasteiger partial charge in [-0.1, -0.05) is 17.4 Å². The van der Waals surface area contributed by atoms with Crippen LogP contribution < -0.4 is 0 Å². The van der Waals surface area contributed by atoms with Crippen molar-refractivity contribution in [1.82, 2.24) is 20.0 Å². The van der Waals surface area contributed by atoms with Crippen LogP contribution >= 0.6 is 11.3 Å². The van der Waals surface area contributed by atoms with E-state index in [-0.39, 0.29) is 26.9 Å². The normalized spacial score (nSPS) is 23.7. The molecule has 5 nitrogen and oxygen atoms in total. The molecule has 0 aliphatic carbocycles. The van der Waals surface area contributed by atoms with Gasteiger partial charge in [0, 0.05) is 25.0 Å². The molecular formula is C17H18F2N4OS. The van der Waals surface area contributed by atoms with Crippen molar-refractivity contribution in [3.05, 3.63) is 34.8 Å². The first-order valence-electron chi connectivity index (χ1n) is 8.23. The Morgan fingerprint density at radius 2 is 1.88 bits per heavy atom. The molecule has 0 bridgehead atoms. The number of nitrogens with zero attached hydrogens (tertiary/aromatic N) is 4. The minimum Gasteiger partial charge on any atom is -0.336 e. The number of rotatable bonds is 2. The van der Waals surface area contributed by atoms with Gasteiger partial charge >= 0.3 is 0 Å². The van der Waals surface area contributed by atoms with Crippen LogP contribution in [0.1, 0.15) is 22.6 Å². The van der Waals surface area contributed by atoms with Crippen molar-refractivity contribution in [2.24, 2.45) is 5.41 Å². The van der Waals surface area contributed by atoms with Gasteiger partial charge < -0.3 is 9.80 Å². The van der Waals surface area contributed by atoms with E-state index < -0.39 is 11.6 Å². The third-order valence-electron chi connectivity index (χ3n) is 5.14. The van der Waals surface area contributed by atoms with Gasteiger partial charge in [-0.05, 0) is 38.6 Å². The fraction of sp³-hybridized carbons (Fsp3) is 0.471. The van der Waals surface area contributed by atoms with Gasteiger partial charge in [0.15, 0.2) is 5.01 Å². The van der Waals surface area contributed by atoms with Gasteiger partial charge in [-0.2, -0.15) is 0 Å². The third kappa shape index (κ3) is 2.93. The Bertz CT molecular complexity index is 806. The molecular weight excluding hydrogens is 346 g/mol. The number of halogens is 2. The zero-order valence-electron chi connectivity index (χ0n) is 13.8. The second-order valence-electron chi connectivity index (χ2n) is 6.97. The zero-order valence-corrected chi connectivity index (χ0v) is 14.7. The van der Waals surface area contributed by atoms with E-state index in [1.54, 1.807) is 4.90 Å². The lowest BCUT2D eigenvalue weighted by Gasteiger charge is -2.23. The van der Waals surface area contributed by atoms with Crippen molar-refractivity contribution in [2.45, 2.75) is 12.8 Å². The van der Waals surface area contributed by atoms with E-state index in [4.69, 9.17) is 0 Å². The highest BCUT2D eigenvalue weighted by Gasteiger charge is 2.44. The van der Waals surface area contributed by atoms with Gasteiger partial charge in [0.2, 0.25) is 5.01 Å². The van der Waals surface area contributed by atoms with Gasteiger partial charge in [0.1, 0.15) is 11.6 Å². The molecule has 1 aromatic carbocycles. The highest BCUT2D eigenvalue weighted by molar-refractivity contribution is 7.16. The summed E-state index contributed by atoms with van der Waals surface area (Å²) in [5.74, 6) is -1.61. The lowest BCUT2D eigenvalue weighted by Crippen LogP contribution is -2.33. The molecule has 2 aliphatic heterocycles. The quantitative estimate of drug-likeness (QED) is 0.822. The Kier molecular flexibility index (Phi) is 4.04. The number of likely N-dealkylation sites (tertiary alicyclic amines) is 2. The predicted octanol–water partition coefficient (Wildman–Crippen LogP) is 2.65. The first-order valence-corrected chi connectivity index (χ1v) is 9.05. The molecule has 25 heavy (non-hydrogen) atoms. The number of hydrogen-bond acceptors (Lipinski definition) is 5. The van der Waals surface area contributed by atoms with Crippen molar-refractivity contribution in [3.63, 3.8) is 0 Å². The maximum absolute atomic E-state index is 13.9. The van der Waals surface area contributed by atoms with Crippen molar-refractivity contribution in [2.75, 3.05) is 33.2 Å². The fourth-order valence-electron chi connectivity index (χ4n) is 3.85. The predicted molar refractivity (Wildman–Crippen MR) is 90.3 cm³/mol. The van der Waals surface area contributed by atoms with Crippen LogP contribution in [0.3, 0.4) is 0 Å². The van der Waals surface area contributed by atoms with Crippen molar-refractivity contribution in [3.8, 4) is 10.6 Å². The minimum absolute atomic E-state index is 0.0912. The van der Waals surface area contributed by atoms with E-state index in [1.165, 1.54) is 18.2 Å². The molecule has 1 amide bonds. The highest BCUT2D eigenvalue weighted by atomic mass is 32.1. The SMILES string of the molecule is CN1CCC2(CCN(C(=O)c3nnc(-c4c(F)cccc4F)s3)C2)C1. The summed E-state index contributed by atoms with van der Waals surface area (Å²) in [5.41, 5.74) is -0.0513. The van der Waals surface area contributed by atoms with Crippen molar-refractivity contribution >= 4 is 17.2 Å². The van der Waals surface area contributed by atoms with Crippen LogP contribution in [0.25, 0.3) is 10.6 Å². The first kappa shape index (κ1) is 16.5. The van der Waals surface area contributed by atoms with Crippen molar-refractivity contribution in [1.29, 1.82) is 0 Å². The molecule has 2 saturated heterocycles. The highest BCUT2D eigenvalue weighted by Crippen LogP contribution is 2.39. The monoisotopic (exact) mass is 364 g/mol. The number of aromatic nitrogens is 2. The van der Waals surface area contributed by atoms with Crippen LogP contribution in [-0.4, -0.2) is 59.1 Å². The molecule has 2 aliphatic rings. The molecule has 1 aromatic heterocycles.